The molecule has 0 bridgehead atoms. The van der Waals surface area contributed by atoms with Gasteiger partial charge in [-0.1, -0.05) is 18.2 Å². The number of hydrogen-bond donors (Lipinski definition) is 0. The molecule has 0 aliphatic carbocycles. The van der Waals surface area contributed by atoms with Gasteiger partial charge in [-0.05, 0) is 33.3 Å². The molecule has 17 heavy (non-hydrogen) atoms. The lowest BCUT2D eigenvalue weighted by molar-refractivity contribution is 0.135. The quantitative estimate of drug-likeness (QED) is 0.773. The number of benzene rings is 1. The van der Waals surface area contributed by atoms with Crippen LogP contribution in [0.5, 0.6) is 0 Å². The van der Waals surface area contributed by atoms with E-state index in [1.165, 1.54) is 22.0 Å². The van der Waals surface area contributed by atoms with Crippen LogP contribution in [0.3, 0.4) is 0 Å². The molecule has 2 rings (SSSR count). The smallest absolute Gasteiger partial charge is 0.0737 e. The van der Waals surface area contributed by atoms with Crippen LogP contribution in [0.4, 0.5) is 0 Å². The second kappa shape index (κ2) is 4.92. The standard InChI is InChI=1S/C15H21NO/c1-5-17-10-13-9-16(11(2)3)15-12(4)7-6-8-14(13)15/h6-9,11H,5,10H2,1-4H3. The van der Waals surface area contributed by atoms with Crippen LogP contribution in [0.25, 0.3) is 10.9 Å². The van der Waals surface area contributed by atoms with E-state index in [-0.39, 0.29) is 0 Å². The van der Waals surface area contributed by atoms with Gasteiger partial charge < -0.3 is 9.30 Å². The number of rotatable bonds is 4. The average molecular weight is 231 g/mol. The van der Waals surface area contributed by atoms with Crippen molar-refractivity contribution in [2.45, 2.75) is 40.3 Å². The van der Waals surface area contributed by atoms with Crippen molar-refractivity contribution in [2.24, 2.45) is 0 Å². The third-order valence-electron chi connectivity index (χ3n) is 3.15. The first-order valence-electron chi connectivity index (χ1n) is 6.32. The van der Waals surface area contributed by atoms with E-state index in [1.807, 2.05) is 6.92 Å². The molecular formula is C15H21NO. The fraction of sp³-hybridized carbons (Fsp3) is 0.467. The third kappa shape index (κ3) is 2.22. The van der Waals surface area contributed by atoms with E-state index in [1.54, 1.807) is 0 Å². The number of para-hydroxylation sites is 1. The molecule has 0 saturated carbocycles. The fourth-order valence-corrected chi connectivity index (χ4v) is 2.30. The summed E-state index contributed by atoms with van der Waals surface area (Å²) < 4.78 is 7.89. The van der Waals surface area contributed by atoms with Crippen molar-refractivity contribution < 1.29 is 4.74 Å². The molecule has 0 spiro atoms. The second-order valence-corrected chi connectivity index (χ2v) is 4.76. The first-order valence-corrected chi connectivity index (χ1v) is 6.32. The Morgan fingerprint density at radius 1 is 1.29 bits per heavy atom. The zero-order valence-electron chi connectivity index (χ0n) is 11.2. The van der Waals surface area contributed by atoms with Gasteiger partial charge in [0.05, 0.1) is 12.1 Å². The van der Waals surface area contributed by atoms with Crippen molar-refractivity contribution in [3.8, 4) is 0 Å². The highest BCUT2D eigenvalue weighted by Gasteiger charge is 2.11. The molecule has 0 amide bonds. The van der Waals surface area contributed by atoms with Gasteiger partial charge in [-0.25, -0.2) is 0 Å². The molecule has 0 aliphatic rings. The van der Waals surface area contributed by atoms with Gasteiger partial charge in [0.15, 0.2) is 0 Å². The highest BCUT2D eigenvalue weighted by molar-refractivity contribution is 5.86. The normalized spacial score (nSPS) is 11.6. The molecule has 0 aliphatic heterocycles. The zero-order valence-corrected chi connectivity index (χ0v) is 11.2. The molecule has 1 aromatic carbocycles. The van der Waals surface area contributed by atoms with E-state index >= 15 is 0 Å². The summed E-state index contributed by atoms with van der Waals surface area (Å²) in [5, 5.41) is 1.33. The molecule has 0 N–H and O–H groups in total. The lowest BCUT2D eigenvalue weighted by Crippen LogP contribution is -1.99. The lowest BCUT2D eigenvalue weighted by atomic mass is 10.1. The highest BCUT2D eigenvalue weighted by atomic mass is 16.5. The second-order valence-electron chi connectivity index (χ2n) is 4.76. The maximum atomic E-state index is 5.55. The Kier molecular flexibility index (Phi) is 3.53. The number of aromatic nitrogens is 1. The largest absolute Gasteiger partial charge is 0.377 e. The molecule has 2 aromatic rings. The van der Waals surface area contributed by atoms with Crippen molar-refractivity contribution in [2.75, 3.05) is 6.61 Å². The van der Waals surface area contributed by atoms with Crippen LogP contribution in [0.15, 0.2) is 24.4 Å². The van der Waals surface area contributed by atoms with E-state index in [2.05, 4.69) is 49.7 Å². The monoisotopic (exact) mass is 231 g/mol. The van der Waals surface area contributed by atoms with Crippen LogP contribution in [0.1, 0.15) is 37.9 Å². The minimum atomic E-state index is 0.481. The number of nitrogens with zero attached hydrogens (tertiary/aromatic N) is 1. The van der Waals surface area contributed by atoms with E-state index in [4.69, 9.17) is 4.74 Å². The van der Waals surface area contributed by atoms with E-state index < -0.39 is 0 Å². The predicted molar refractivity (Wildman–Crippen MR) is 72.4 cm³/mol. The summed E-state index contributed by atoms with van der Waals surface area (Å²) in [6, 6.07) is 6.97. The summed E-state index contributed by atoms with van der Waals surface area (Å²) in [5.74, 6) is 0. The molecule has 2 nitrogen and oxygen atoms in total. The summed E-state index contributed by atoms with van der Waals surface area (Å²) in [6.45, 7) is 10.1. The van der Waals surface area contributed by atoms with Crippen LogP contribution in [-0.2, 0) is 11.3 Å². The Morgan fingerprint density at radius 3 is 2.71 bits per heavy atom. The van der Waals surface area contributed by atoms with Crippen LogP contribution < -0.4 is 0 Å². The summed E-state index contributed by atoms with van der Waals surface area (Å²) >= 11 is 0. The number of hydrogen-bond acceptors (Lipinski definition) is 1. The topological polar surface area (TPSA) is 14.2 Å². The number of fused-ring (bicyclic) bond motifs is 1. The molecule has 92 valence electrons. The Bertz CT molecular complexity index is 511. The fourth-order valence-electron chi connectivity index (χ4n) is 2.30. The molecule has 1 heterocycles. The van der Waals surface area contributed by atoms with Crippen LogP contribution in [-0.4, -0.2) is 11.2 Å². The predicted octanol–water partition coefficient (Wildman–Crippen LogP) is 4.07. The van der Waals surface area contributed by atoms with Crippen LogP contribution in [0, 0.1) is 6.92 Å². The molecule has 0 radical (unpaired) electrons. The zero-order chi connectivity index (χ0) is 12.4. The van der Waals surface area contributed by atoms with Gasteiger partial charge in [0, 0.05) is 29.8 Å². The minimum Gasteiger partial charge on any atom is -0.377 e. The summed E-state index contributed by atoms with van der Waals surface area (Å²) in [5.41, 5.74) is 3.97. The highest BCUT2D eigenvalue weighted by Crippen LogP contribution is 2.27. The Morgan fingerprint density at radius 2 is 2.06 bits per heavy atom. The first kappa shape index (κ1) is 12.2. The van der Waals surface area contributed by atoms with Gasteiger partial charge in [0.1, 0.15) is 0 Å². The van der Waals surface area contributed by atoms with E-state index in [0.717, 1.165) is 6.61 Å². The SMILES string of the molecule is CCOCc1cn(C(C)C)c2c(C)cccc12. The van der Waals surface area contributed by atoms with Gasteiger partial charge in [-0.15, -0.1) is 0 Å². The first-order chi connectivity index (χ1) is 8.15. The van der Waals surface area contributed by atoms with Gasteiger partial charge in [-0.3, -0.25) is 0 Å². The molecule has 0 fully saturated rings. The van der Waals surface area contributed by atoms with Gasteiger partial charge >= 0.3 is 0 Å². The van der Waals surface area contributed by atoms with Crippen molar-refractivity contribution in [1.29, 1.82) is 0 Å². The number of aryl methyl sites for hydroxylation is 1. The van der Waals surface area contributed by atoms with Crippen molar-refractivity contribution >= 4 is 10.9 Å². The molecule has 0 unspecified atom stereocenters. The summed E-state index contributed by atoms with van der Waals surface area (Å²) in [7, 11) is 0. The van der Waals surface area contributed by atoms with Crippen molar-refractivity contribution in [1.82, 2.24) is 4.57 Å². The molecule has 0 atom stereocenters. The van der Waals surface area contributed by atoms with E-state index in [9.17, 15) is 0 Å². The molecule has 2 heteroatoms. The minimum absolute atomic E-state index is 0.481. The maximum Gasteiger partial charge on any atom is 0.0737 e. The number of ether oxygens (including phenoxy) is 1. The molecular weight excluding hydrogens is 210 g/mol. The summed E-state index contributed by atoms with van der Waals surface area (Å²) in [6.07, 6.45) is 2.23. The third-order valence-corrected chi connectivity index (χ3v) is 3.15. The van der Waals surface area contributed by atoms with Crippen molar-refractivity contribution in [3.05, 3.63) is 35.5 Å². The van der Waals surface area contributed by atoms with Crippen LogP contribution in [0.2, 0.25) is 0 Å². The van der Waals surface area contributed by atoms with Gasteiger partial charge in [0.25, 0.3) is 0 Å². The Labute approximate surface area is 103 Å². The van der Waals surface area contributed by atoms with Crippen molar-refractivity contribution in [3.63, 3.8) is 0 Å². The summed E-state index contributed by atoms with van der Waals surface area (Å²) in [4.78, 5) is 0. The lowest BCUT2D eigenvalue weighted by Gasteiger charge is -2.10. The van der Waals surface area contributed by atoms with Crippen LogP contribution >= 0.6 is 0 Å². The molecule has 0 saturated heterocycles. The Balaban J connectivity index is 2.58. The van der Waals surface area contributed by atoms with E-state index in [0.29, 0.717) is 12.6 Å². The van der Waals surface area contributed by atoms with Gasteiger partial charge in [-0.2, -0.15) is 0 Å². The molecule has 1 aromatic heterocycles. The Hall–Kier alpha value is -1.28. The van der Waals surface area contributed by atoms with Gasteiger partial charge in [0.2, 0.25) is 0 Å². The average Bonchev–Trinajstić information content (AvgIpc) is 2.67. The maximum absolute atomic E-state index is 5.55.